The number of likely N-dealkylation sites (tertiary alicyclic amines) is 1. The summed E-state index contributed by atoms with van der Waals surface area (Å²) in [5.41, 5.74) is 1.14. The predicted octanol–water partition coefficient (Wildman–Crippen LogP) is 2.57. The van der Waals surface area contributed by atoms with E-state index >= 15 is 0 Å². The fourth-order valence-corrected chi connectivity index (χ4v) is 2.20. The van der Waals surface area contributed by atoms with Gasteiger partial charge >= 0.3 is 0 Å². The number of anilines is 1. The summed E-state index contributed by atoms with van der Waals surface area (Å²) in [7, 11) is 4.09. The molecular formula is C14H22N2O. The van der Waals surface area contributed by atoms with Crippen LogP contribution in [0, 0.1) is 0 Å². The summed E-state index contributed by atoms with van der Waals surface area (Å²) in [6, 6.07) is 8.20. The molecule has 1 aromatic carbocycles. The largest absolute Gasteiger partial charge is 0.476 e. The van der Waals surface area contributed by atoms with Crippen molar-refractivity contribution >= 4 is 5.69 Å². The maximum absolute atomic E-state index is 5.92. The highest BCUT2D eigenvalue weighted by atomic mass is 16.5. The highest BCUT2D eigenvalue weighted by Gasteiger charge is 2.11. The van der Waals surface area contributed by atoms with E-state index in [4.69, 9.17) is 4.74 Å². The average molecular weight is 234 g/mol. The average Bonchev–Trinajstić information content (AvgIpc) is 2.38. The lowest BCUT2D eigenvalue weighted by Gasteiger charge is -2.27. The van der Waals surface area contributed by atoms with Crippen LogP contribution >= 0.6 is 0 Å². The van der Waals surface area contributed by atoms with Gasteiger partial charge in [-0.1, -0.05) is 18.6 Å². The summed E-state index contributed by atoms with van der Waals surface area (Å²) in [5, 5.41) is 0. The molecular weight excluding hydrogens is 212 g/mol. The summed E-state index contributed by atoms with van der Waals surface area (Å²) in [4.78, 5) is 4.47. The predicted molar refractivity (Wildman–Crippen MR) is 71.7 cm³/mol. The lowest BCUT2D eigenvalue weighted by molar-refractivity contribution is 0.107. The maximum atomic E-state index is 5.92. The van der Waals surface area contributed by atoms with Gasteiger partial charge in [0.1, 0.15) is 12.5 Å². The third kappa shape index (κ3) is 3.37. The van der Waals surface area contributed by atoms with Crippen LogP contribution in [-0.4, -0.2) is 38.8 Å². The first-order valence-electron chi connectivity index (χ1n) is 6.39. The van der Waals surface area contributed by atoms with Gasteiger partial charge in [0.2, 0.25) is 0 Å². The van der Waals surface area contributed by atoms with Crippen LogP contribution in [0.1, 0.15) is 19.3 Å². The van der Waals surface area contributed by atoms with Crippen molar-refractivity contribution in [1.29, 1.82) is 0 Å². The van der Waals surface area contributed by atoms with Crippen molar-refractivity contribution in [2.75, 3.05) is 38.8 Å². The molecule has 0 atom stereocenters. The number of nitrogens with zero attached hydrogens (tertiary/aromatic N) is 2. The molecule has 3 heteroatoms. The second kappa shape index (κ2) is 5.92. The highest BCUT2D eigenvalue weighted by molar-refractivity contribution is 5.57. The molecule has 0 N–H and O–H groups in total. The van der Waals surface area contributed by atoms with Gasteiger partial charge < -0.3 is 9.64 Å². The SMILES string of the molecule is CN(C)c1ccccc1OCN1CCCCC1. The van der Waals surface area contributed by atoms with E-state index in [0.717, 1.165) is 11.4 Å². The van der Waals surface area contributed by atoms with Crippen LogP contribution in [0.2, 0.25) is 0 Å². The Morgan fingerprint density at radius 1 is 1.12 bits per heavy atom. The van der Waals surface area contributed by atoms with Crippen LogP contribution in [0.3, 0.4) is 0 Å². The molecule has 0 bridgehead atoms. The third-order valence-corrected chi connectivity index (χ3v) is 3.20. The van der Waals surface area contributed by atoms with Crippen molar-refractivity contribution < 1.29 is 4.74 Å². The zero-order valence-electron chi connectivity index (χ0n) is 10.9. The highest BCUT2D eigenvalue weighted by Crippen LogP contribution is 2.26. The van der Waals surface area contributed by atoms with Crippen LogP contribution in [0.25, 0.3) is 0 Å². The first-order valence-corrected chi connectivity index (χ1v) is 6.39. The fourth-order valence-electron chi connectivity index (χ4n) is 2.20. The minimum atomic E-state index is 0.713. The molecule has 0 radical (unpaired) electrons. The van der Waals surface area contributed by atoms with Crippen molar-refractivity contribution in [3.05, 3.63) is 24.3 Å². The Bertz CT molecular complexity index is 346. The lowest BCUT2D eigenvalue weighted by Crippen LogP contribution is -2.33. The Kier molecular flexibility index (Phi) is 4.26. The van der Waals surface area contributed by atoms with Gasteiger partial charge in [0.05, 0.1) is 5.69 Å². The number of ether oxygens (including phenoxy) is 1. The van der Waals surface area contributed by atoms with Crippen molar-refractivity contribution in [3.63, 3.8) is 0 Å². The summed E-state index contributed by atoms with van der Waals surface area (Å²) in [6.45, 7) is 3.05. The number of piperidine rings is 1. The smallest absolute Gasteiger partial charge is 0.144 e. The van der Waals surface area contributed by atoms with E-state index in [2.05, 4.69) is 15.9 Å². The Morgan fingerprint density at radius 2 is 1.82 bits per heavy atom. The summed E-state index contributed by atoms with van der Waals surface area (Å²) in [5.74, 6) is 0.975. The van der Waals surface area contributed by atoms with E-state index in [1.54, 1.807) is 0 Å². The second-order valence-corrected chi connectivity index (χ2v) is 4.81. The lowest BCUT2D eigenvalue weighted by atomic mass is 10.1. The van der Waals surface area contributed by atoms with E-state index in [0.29, 0.717) is 6.73 Å². The summed E-state index contributed by atoms with van der Waals surface area (Å²) < 4.78 is 5.92. The number of rotatable bonds is 4. The van der Waals surface area contributed by atoms with Crippen LogP contribution in [0.4, 0.5) is 5.69 Å². The molecule has 1 aliphatic heterocycles. The zero-order chi connectivity index (χ0) is 12.1. The third-order valence-electron chi connectivity index (χ3n) is 3.20. The summed E-state index contributed by atoms with van der Waals surface area (Å²) >= 11 is 0. The minimum absolute atomic E-state index is 0.713. The Labute approximate surface area is 104 Å². The molecule has 94 valence electrons. The second-order valence-electron chi connectivity index (χ2n) is 4.81. The van der Waals surface area contributed by atoms with Gasteiger partial charge in [-0.2, -0.15) is 0 Å². The monoisotopic (exact) mass is 234 g/mol. The molecule has 0 saturated carbocycles. The molecule has 1 saturated heterocycles. The van der Waals surface area contributed by atoms with Crippen LogP contribution in [0.15, 0.2) is 24.3 Å². The molecule has 17 heavy (non-hydrogen) atoms. The van der Waals surface area contributed by atoms with E-state index in [9.17, 15) is 0 Å². The first-order chi connectivity index (χ1) is 8.27. The fraction of sp³-hybridized carbons (Fsp3) is 0.571. The Balaban J connectivity index is 1.93. The van der Waals surface area contributed by atoms with Gasteiger partial charge in [-0.25, -0.2) is 0 Å². The molecule has 0 unspecified atom stereocenters. The maximum Gasteiger partial charge on any atom is 0.144 e. The number of para-hydroxylation sites is 2. The quantitative estimate of drug-likeness (QED) is 0.796. The van der Waals surface area contributed by atoms with E-state index in [1.807, 2.05) is 32.3 Å². The van der Waals surface area contributed by atoms with Crippen LogP contribution in [0.5, 0.6) is 5.75 Å². The minimum Gasteiger partial charge on any atom is -0.476 e. The Hall–Kier alpha value is -1.22. The van der Waals surface area contributed by atoms with Crippen molar-refractivity contribution in [2.45, 2.75) is 19.3 Å². The van der Waals surface area contributed by atoms with Crippen molar-refractivity contribution in [2.24, 2.45) is 0 Å². The molecule has 1 fully saturated rings. The van der Waals surface area contributed by atoms with Crippen molar-refractivity contribution in [1.82, 2.24) is 4.90 Å². The first kappa shape index (κ1) is 12.2. The normalized spacial score (nSPS) is 16.8. The van der Waals surface area contributed by atoms with Crippen LogP contribution < -0.4 is 9.64 Å². The topological polar surface area (TPSA) is 15.7 Å². The Morgan fingerprint density at radius 3 is 2.53 bits per heavy atom. The molecule has 1 aromatic rings. The van der Waals surface area contributed by atoms with E-state index in [1.165, 1.54) is 32.4 Å². The molecule has 0 amide bonds. The molecule has 0 aromatic heterocycles. The number of hydrogen-bond acceptors (Lipinski definition) is 3. The van der Waals surface area contributed by atoms with Gasteiger partial charge in [0.15, 0.2) is 0 Å². The molecule has 1 aliphatic rings. The zero-order valence-corrected chi connectivity index (χ0v) is 10.9. The molecule has 1 heterocycles. The summed E-state index contributed by atoms with van der Waals surface area (Å²) in [6.07, 6.45) is 3.97. The van der Waals surface area contributed by atoms with Crippen LogP contribution in [-0.2, 0) is 0 Å². The number of benzene rings is 1. The van der Waals surface area contributed by atoms with Gasteiger partial charge in [0.25, 0.3) is 0 Å². The molecule has 2 rings (SSSR count). The van der Waals surface area contributed by atoms with Gasteiger partial charge in [-0.05, 0) is 25.0 Å². The van der Waals surface area contributed by atoms with E-state index < -0.39 is 0 Å². The van der Waals surface area contributed by atoms with Crippen molar-refractivity contribution in [3.8, 4) is 5.75 Å². The molecule has 0 spiro atoms. The van der Waals surface area contributed by atoms with Gasteiger partial charge in [0, 0.05) is 27.2 Å². The van der Waals surface area contributed by atoms with E-state index in [-0.39, 0.29) is 0 Å². The molecule has 3 nitrogen and oxygen atoms in total. The number of hydrogen-bond donors (Lipinski definition) is 0. The standard InChI is InChI=1S/C14H22N2O/c1-15(2)13-8-4-5-9-14(13)17-12-16-10-6-3-7-11-16/h4-5,8-9H,3,6-7,10-12H2,1-2H3. The van der Waals surface area contributed by atoms with Gasteiger partial charge in [-0.15, -0.1) is 0 Å². The van der Waals surface area contributed by atoms with Gasteiger partial charge in [-0.3, -0.25) is 4.90 Å². The molecule has 0 aliphatic carbocycles.